The Morgan fingerprint density at radius 1 is 0.676 bits per heavy atom. The maximum absolute atomic E-state index is 12.9. The predicted molar refractivity (Wildman–Crippen MR) is 127 cm³/mol. The molecule has 194 valence electrons. The molecule has 3 N–H and O–H groups in total. The molecule has 0 unspecified atom stereocenters. The standard InChI is InChI=1S/C25H22F3N3O6/c1-35-19-12-16(13-20(36-2)21(19)37-3)24(34)31-30-23(33)15-7-5-9-18(11-15)29-22(32)14-6-4-8-17(10-14)25(26,27)28/h4-13H,1-3H3,(H,29,32)(H,30,33)(H,31,34). The summed E-state index contributed by atoms with van der Waals surface area (Å²) >= 11 is 0. The highest BCUT2D eigenvalue weighted by Crippen LogP contribution is 2.38. The second kappa shape index (κ2) is 11.3. The van der Waals surface area contributed by atoms with Crippen LogP contribution in [0.25, 0.3) is 0 Å². The van der Waals surface area contributed by atoms with E-state index in [1.807, 2.05) is 0 Å². The maximum Gasteiger partial charge on any atom is 0.416 e. The van der Waals surface area contributed by atoms with E-state index >= 15 is 0 Å². The molecule has 0 radical (unpaired) electrons. The van der Waals surface area contributed by atoms with Crippen molar-refractivity contribution in [3.8, 4) is 17.2 Å². The molecule has 0 bridgehead atoms. The lowest BCUT2D eigenvalue weighted by atomic mass is 10.1. The van der Waals surface area contributed by atoms with Crippen LogP contribution in [0.1, 0.15) is 36.6 Å². The number of rotatable bonds is 7. The van der Waals surface area contributed by atoms with Gasteiger partial charge in [0.15, 0.2) is 11.5 Å². The zero-order valence-corrected chi connectivity index (χ0v) is 19.9. The lowest BCUT2D eigenvalue weighted by Gasteiger charge is -2.14. The fourth-order valence-corrected chi connectivity index (χ4v) is 3.25. The van der Waals surface area contributed by atoms with E-state index < -0.39 is 29.5 Å². The smallest absolute Gasteiger partial charge is 0.416 e. The third-order valence-electron chi connectivity index (χ3n) is 5.05. The van der Waals surface area contributed by atoms with E-state index in [1.54, 1.807) is 0 Å². The number of benzene rings is 3. The molecule has 3 aromatic rings. The average molecular weight is 517 g/mol. The molecule has 0 aliphatic carbocycles. The van der Waals surface area contributed by atoms with Gasteiger partial charge in [-0.25, -0.2) is 0 Å². The van der Waals surface area contributed by atoms with Gasteiger partial charge in [0.05, 0.1) is 26.9 Å². The quantitative estimate of drug-likeness (QED) is 0.408. The molecule has 9 nitrogen and oxygen atoms in total. The van der Waals surface area contributed by atoms with Gasteiger partial charge in [-0.15, -0.1) is 0 Å². The first-order valence-corrected chi connectivity index (χ1v) is 10.6. The summed E-state index contributed by atoms with van der Waals surface area (Å²) in [4.78, 5) is 37.6. The molecule has 0 saturated heterocycles. The van der Waals surface area contributed by atoms with Crippen molar-refractivity contribution in [1.29, 1.82) is 0 Å². The van der Waals surface area contributed by atoms with Crippen LogP contribution < -0.4 is 30.4 Å². The molecule has 3 rings (SSSR count). The van der Waals surface area contributed by atoms with E-state index in [9.17, 15) is 27.6 Å². The van der Waals surface area contributed by atoms with E-state index in [1.165, 1.54) is 63.8 Å². The Morgan fingerprint density at radius 2 is 1.22 bits per heavy atom. The molecule has 0 heterocycles. The average Bonchev–Trinajstić information content (AvgIpc) is 2.90. The van der Waals surface area contributed by atoms with Crippen molar-refractivity contribution in [3.63, 3.8) is 0 Å². The van der Waals surface area contributed by atoms with Gasteiger partial charge in [0.1, 0.15) is 0 Å². The van der Waals surface area contributed by atoms with E-state index in [2.05, 4.69) is 16.2 Å². The largest absolute Gasteiger partial charge is 0.493 e. The zero-order valence-electron chi connectivity index (χ0n) is 19.9. The van der Waals surface area contributed by atoms with Crippen molar-refractivity contribution < 1.29 is 41.8 Å². The molecule has 0 atom stereocenters. The zero-order chi connectivity index (χ0) is 27.2. The molecule has 0 spiro atoms. The van der Waals surface area contributed by atoms with Crippen LogP contribution in [-0.2, 0) is 6.18 Å². The minimum absolute atomic E-state index is 0.0621. The molecular formula is C25H22F3N3O6. The van der Waals surface area contributed by atoms with Gasteiger partial charge in [-0.05, 0) is 48.5 Å². The van der Waals surface area contributed by atoms with Gasteiger partial charge >= 0.3 is 6.18 Å². The Bertz CT molecular complexity index is 1300. The number of hydrogen-bond acceptors (Lipinski definition) is 6. The minimum atomic E-state index is -4.60. The summed E-state index contributed by atoms with van der Waals surface area (Å²) in [5, 5.41) is 2.45. The number of carbonyl (C=O) groups is 3. The second-order valence-electron chi connectivity index (χ2n) is 7.44. The topological polar surface area (TPSA) is 115 Å². The third kappa shape index (κ3) is 6.48. The first-order valence-electron chi connectivity index (χ1n) is 10.6. The van der Waals surface area contributed by atoms with Crippen LogP contribution >= 0.6 is 0 Å². The molecule has 12 heteroatoms. The highest BCUT2D eigenvalue weighted by atomic mass is 19.4. The van der Waals surface area contributed by atoms with Crippen LogP contribution in [0.15, 0.2) is 60.7 Å². The molecule has 0 aliphatic rings. The molecule has 3 aromatic carbocycles. The normalized spacial score (nSPS) is 10.8. The van der Waals surface area contributed by atoms with Crippen molar-refractivity contribution in [1.82, 2.24) is 10.9 Å². The SMILES string of the molecule is COc1cc(C(=O)NNC(=O)c2cccc(NC(=O)c3cccc(C(F)(F)F)c3)c2)cc(OC)c1OC. The van der Waals surface area contributed by atoms with Crippen LogP contribution in [-0.4, -0.2) is 39.1 Å². The molecule has 0 saturated carbocycles. The fourth-order valence-electron chi connectivity index (χ4n) is 3.25. The van der Waals surface area contributed by atoms with Gasteiger partial charge in [0.25, 0.3) is 17.7 Å². The highest BCUT2D eigenvalue weighted by molar-refractivity contribution is 6.05. The summed E-state index contributed by atoms with van der Waals surface area (Å²) in [6.45, 7) is 0. The predicted octanol–water partition coefficient (Wildman–Crippen LogP) is 4.06. The first-order chi connectivity index (χ1) is 17.6. The Kier molecular flexibility index (Phi) is 8.23. The van der Waals surface area contributed by atoms with Gasteiger partial charge in [-0.3, -0.25) is 25.2 Å². The van der Waals surface area contributed by atoms with Crippen LogP contribution in [0.5, 0.6) is 17.2 Å². The van der Waals surface area contributed by atoms with Gasteiger partial charge in [-0.1, -0.05) is 12.1 Å². The Labute approximate surface area is 209 Å². The maximum atomic E-state index is 12.9. The van der Waals surface area contributed by atoms with Crippen molar-refractivity contribution in [2.75, 3.05) is 26.6 Å². The number of hydrogen-bond donors (Lipinski definition) is 3. The fraction of sp³-hybridized carbons (Fsp3) is 0.160. The summed E-state index contributed by atoms with van der Waals surface area (Å²) in [7, 11) is 4.19. The minimum Gasteiger partial charge on any atom is -0.493 e. The Hall–Kier alpha value is -4.74. The number of anilines is 1. The third-order valence-corrected chi connectivity index (χ3v) is 5.05. The lowest BCUT2D eigenvalue weighted by molar-refractivity contribution is -0.137. The van der Waals surface area contributed by atoms with E-state index in [0.717, 1.165) is 18.2 Å². The summed E-state index contributed by atoms with van der Waals surface area (Å²) < 4.78 is 54.4. The van der Waals surface area contributed by atoms with Gasteiger partial charge in [-0.2, -0.15) is 13.2 Å². The molecule has 3 amide bonds. The van der Waals surface area contributed by atoms with Crippen molar-refractivity contribution in [3.05, 3.63) is 82.9 Å². The second-order valence-corrected chi connectivity index (χ2v) is 7.44. The molecular weight excluding hydrogens is 495 g/mol. The van der Waals surface area contributed by atoms with Crippen LogP contribution in [0.3, 0.4) is 0 Å². The van der Waals surface area contributed by atoms with Gasteiger partial charge < -0.3 is 19.5 Å². The molecule has 0 fully saturated rings. The summed E-state index contributed by atoms with van der Waals surface area (Å²) in [5.41, 5.74) is 3.67. The number of amides is 3. The number of halogens is 3. The van der Waals surface area contributed by atoms with Crippen molar-refractivity contribution in [2.45, 2.75) is 6.18 Å². The Morgan fingerprint density at radius 3 is 1.76 bits per heavy atom. The number of nitrogens with one attached hydrogen (secondary N) is 3. The number of carbonyl (C=O) groups excluding carboxylic acids is 3. The number of hydrazine groups is 1. The van der Waals surface area contributed by atoms with Crippen molar-refractivity contribution >= 4 is 23.4 Å². The molecule has 37 heavy (non-hydrogen) atoms. The van der Waals surface area contributed by atoms with Gasteiger partial charge in [0.2, 0.25) is 5.75 Å². The van der Waals surface area contributed by atoms with Crippen LogP contribution in [0, 0.1) is 0 Å². The highest BCUT2D eigenvalue weighted by Gasteiger charge is 2.31. The number of methoxy groups -OCH3 is 3. The van der Waals surface area contributed by atoms with Crippen LogP contribution in [0.2, 0.25) is 0 Å². The number of alkyl halides is 3. The first kappa shape index (κ1) is 26.9. The molecule has 0 aliphatic heterocycles. The van der Waals surface area contributed by atoms with E-state index in [4.69, 9.17) is 14.2 Å². The van der Waals surface area contributed by atoms with Crippen molar-refractivity contribution in [2.24, 2.45) is 0 Å². The number of ether oxygens (including phenoxy) is 3. The summed E-state index contributed by atoms with van der Waals surface area (Å²) in [6.07, 6.45) is -4.60. The monoisotopic (exact) mass is 517 g/mol. The van der Waals surface area contributed by atoms with E-state index in [-0.39, 0.29) is 39.6 Å². The lowest BCUT2D eigenvalue weighted by Crippen LogP contribution is -2.41. The van der Waals surface area contributed by atoms with Crippen LogP contribution in [0.4, 0.5) is 18.9 Å². The summed E-state index contributed by atoms with van der Waals surface area (Å²) in [6, 6.07) is 12.4. The summed E-state index contributed by atoms with van der Waals surface area (Å²) in [5.74, 6) is -1.42. The molecule has 0 aromatic heterocycles. The van der Waals surface area contributed by atoms with E-state index in [0.29, 0.717) is 0 Å². The van der Waals surface area contributed by atoms with Gasteiger partial charge in [0, 0.05) is 22.4 Å². The Balaban J connectivity index is 1.68.